The molecule has 26 heavy (non-hydrogen) atoms. The lowest BCUT2D eigenvalue weighted by Gasteiger charge is -2.13. The maximum Gasteiger partial charge on any atom is 0.251 e. The van der Waals surface area contributed by atoms with Crippen molar-refractivity contribution in [2.75, 3.05) is 19.0 Å². The van der Waals surface area contributed by atoms with Gasteiger partial charge in [0.1, 0.15) is 0 Å². The van der Waals surface area contributed by atoms with E-state index in [2.05, 4.69) is 27.4 Å². The van der Waals surface area contributed by atoms with Gasteiger partial charge in [-0.05, 0) is 36.2 Å². The quantitative estimate of drug-likeness (QED) is 0.769. The van der Waals surface area contributed by atoms with E-state index in [-0.39, 0.29) is 5.91 Å². The minimum atomic E-state index is -0.118. The number of carbonyl (C=O) groups is 1. The van der Waals surface area contributed by atoms with Gasteiger partial charge in [0, 0.05) is 25.4 Å². The molecule has 2 aromatic carbocycles. The van der Waals surface area contributed by atoms with Gasteiger partial charge in [0.2, 0.25) is 5.95 Å². The van der Waals surface area contributed by atoms with Gasteiger partial charge in [-0.25, -0.2) is 9.97 Å². The molecule has 3 rings (SSSR count). The molecule has 0 aliphatic heterocycles. The zero-order valence-electron chi connectivity index (χ0n) is 15.2. The molecule has 0 atom stereocenters. The van der Waals surface area contributed by atoms with Crippen molar-refractivity contribution < 1.29 is 4.79 Å². The predicted octanol–water partition coefficient (Wildman–Crippen LogP) is 3.45. The first kappa shape index (κ1) is 17.6. The molecule has 0 fully saturated rings. The lowest BCUT2D eigenvalue weighted by Crippen LogP contribution is -2.24. The van der Waals surface area contributed by atoms with E-state index in [0.29, 0.717) is 18.1 Å². The molecule has 5 heteroatoms. The van der Waals surface area contributed by atoms with Crippen molar-refractivity contribution in [1.29, 1.82) is 0 Å². The normalized spacial score (nSPS) is 10.4. The van der Waals surface area contributed by atoms with Crippen LogP contribution in [0.2, 0.25) is 0 Å². The minimum absolute atomic E-state index is 0.118. The van der Waals surface area contributed by atoms with Gasteiger partial charge in [0.05, 0.1) is 12.2 Å². The van der Waals surface area contributed by atoms with Crippen molar-refractivity contribution in [2.45, 2.75) is 13.5 Å². The number of amides is 1. The first-order valence-corrected chi connectivity index (χ1v) is 8.48. The Hall–Kier alpha value is -3.21. The highest BCUT2D eigenvalue weighted by molar-refractivity contribution is 5.94. The summed E-state index contributed by atoms with van der Waals surface area (Å²) in [4.78, 5) is 23.1. The van der Waals surface area contributed by atoms with Crippen molar-refractivity contribution in [2.24, 2.45) is 0 Å². The van der Waals surface area contributed by atoms with Crippen LogP contribution in [0.15, 0.2) is 60.7 Å². The van der Waals surface area contributed by atoms with Crippen LogP contribution in [-0.4, -0.2) is 30.0 Å². The molecule has 1 aromatic heterocycles. The van der Waals surface area contributed by atoms with Crippen molar-refractivity contribution >= 4 is 11.9 Å². The second-order valence-corrected chi connectivity index (χ2v) is 6.32. The molecular weight excluding hydrogens is 324 g/mol. The summed E-state index contributed by atoms with van der Waals surface area (Å²) in [5.41, 5.74) is 4.51. The Bertz CT molecular complexity index is 890. The Balaban J connectivity index is 1.67. The maximum absolute atomic E-state index is 12.4. The summed E-state index contributed by atoms with van der Waals surface area (Å²) in [5.74, 6) is 0.522. The van der Waals surface area contributed by atoms with Crippen LogP contribution in [0.25, 0.3) is 11.1 Å². The molecule has 0 aliphatic rings. The number of nitrogens with zero attached hydrogens (tertiary/aromatic N) is 3. The van der Waals surface area contributed by atoms with Gasteiger partial charge in [-0.15, -0.1) is 0 Å². The van der Waals surface area contributed by atoms with Gasteiger partial charge in [-0.3, -0.25) is 4.79 Å². The van der Waals surface area contributed by atoms with E-state index in [0.717, 1.165) is 22.5 Å². The number of rotatable bonds is 5. The van der Waals surface area contributed by atoms with E-state index in [9.17, 15) is 4.79 Å². The van der Waals surface area contributed by atoms with Gasteiger partial charge < -0.3 is 10.2 Å². The van der Waals surface area contributed by atoms with Crippen LogP contribution in [0.4, 0.5) is 5.95 Å². The Morgan fingerprint density at radius 3 is 2.27 bits per heavy atom. The van der Waals surface area contributed by atoms with Gasteiger partial charge >= 0.3 is 0 Å². The molecular formula is C21H22N4O. The fraction of sp³-hybridized carbons (Fsp3) is 0.190. The van der Waals surface area contributed by atoms with Gasteiger partial charge in [0.15, 0.2) is 0 Å². The van der Waals surface area contributed by atoms with Crippen LogP contribution in [0.3, 0.4) is 0 Å². The Kier molecular flexibility index (Phi) is 5.27. The molecule has 0 bridgehead atoms. The lowest BCUT2D eigenvalue weighted by molar-refractivity contribution is 0.0950. The van der Waals surface area contributed by atoms with E-state index in [1.165, 1.54) is 0 Å². The third-order valence-corrected chi connectivity index (χ3v) is 3.98. The highest BCUT2D eigenvalue weighted by Gasteiger charge is 2.08. The Labute approximate surface area is 153 Å². The van der Waals surface area contributed by atoms with E-state index < -0.39 is 0 Å². The molecule has 1 amide bonds. The average molecular weight is 346 g/mol. The molecule has 132 valence electrons. The van der Waals surface area contributed by atoms with E-state index in [1.54, 1.807) is 0 Å². The molecule has 0 unspecified atom stereocenters. The smallest absolute Gasteiger partial charge is 0.251 e. The number of hydrogen-bond acceptors (Lipinski definition) is 4. The van der Waals surface area contributed by atoms with Crippen molar-refractivity contribution in [3.05, 3.63) is 77.6 Å². The van der Waals surface area contributed by atoms with Crippen LogP contribution in [0.1, 0.15) is 21.7 Å². The summed E-state index contributed by atoms with van der Waals surface area (Å²) in [6.45, 7) is 2.28. The standard InChI is InChI=1S/C21H22N4O/c1-15-13-19(24-21(23-15)25(2)3)14-22-20(26)18-11-9-17(10-12-18)16-7-5-4-6-8-16/h4-13H,14H2,1-3H3,(H,22,26). The number of nitrogens with one attached hydrogen (secondary N) is 1. The zero-order valence-corrected chi connectivity index (χ0v) is 15.2. The fourth-order valence-electron chi connectivity index (χ4n) is 2.62. The maximum atomic E-state index is 12.4. The van der Waals surface area contributed by atoms with Crippen molar-refractivity contribution in [3.8, 4) is 11.1 Å². The highest BCUT2D eigenvalue weighted by atomic mass is 16.1. The topological polar surface area (TPSA) is 58.1 Å². The largest absolute Gasteiger partial charge is 0.347 e. The number of benzene rings is 2. The van der Waals surface area contributed by atoms with Gasteiger partial charge in [-0.2, -0.15) is 0 Å². The van der Waals surface area contributed by atoms with E-state index in [1.807, 2.05) is 74.4 Å². The number of carbonyl (C=O) groups excluding carboxylic acids is 1. The Morgan fingerprint density at radius 2 is 1.62 bits per heavy atom. The third kappa shape index (κ3) is 4.25. The molecule has 0 saturated heterocycles. The molecule has 0 saturated carbocycles. The summed E-state index contributed by atoms with van der Waals surface area (Å²) in [6, 6.07) is 19.6. The third-order valence-electron chi connectivity index (χ3n) is 3.98. The Morgan fingerprint density at radius 1 is 0.962 bits per heavy atom. The van der Waals surface area contributed by atoms with E-state index in [4.69, 9.17) is 0 Å². The zero-order chi connectivity index (χ0) is 18.5. The monoisotopic (exact) mass is 346 g/mol. The summed E-state index contributed by atoms with van der Waals surface area (Å²) < 4.78 is 0. The van der Waals surface area contributed by atoms with Crippen molar-refractivity contribution in [3.63, 3.8) is 0 Å². The number of hydrogen-bond donors (Lipinski definition) is 1. The number of anilines is 1. The molecule has 0 aliphatic carbocycles. The van der Waals surface area contributed by atoms with Crippen LogP contribution < -0.4 is 10.2 Å². The van der Waals surface area contributed by atoms with Crippen molar-refractivity contribution in [1.82, 2.24) is 15.3 Å². The number of aromatic nitrogens is 2. The summed E-state index contributed by atoms with van der Waals surface area (Å²) in [7, 11) is 3.79. The van der Waals surface area contributed by atoms with Gasteiger partial charge in [-0.1, -0.05) is 42.5 Å². The lowest BCUT2D eigenvalue weighted by atomic mass is 10.0. The van der Waals surface area contributed by atoms with Crippen LogP contribution >= 0.6 is 0 Å². The molecule has 5 nitrogen and oxygen atoms in total. The molecule has 1 N–H and O–H groups in total. The summed E-state index contributed by atoms with van der Waals surface area (Å²) in [5, 5.41) is 2.92. The van der Waals surface area contributed by atoms with Crippen LogP contribution in [0, 0.1) is 6.92 Å². The minimum Gasteiger partial charge on any atom is -0.347 e. The number of aryl methyl sites for hydroxylation is 1. The fourth-order valence-corrected chi connectivity index (χ4v) is 2.62. The van der Waals surface area contributed by atoms with Gasteiger partial charge in [0.25, 0.3) is 5.91 Å². The first-order chi connectivity index (χ1) is 12.5. The molecule has 0 spiro atoms. The van der Waals surface area contributed by atoms with Crippen LogP contribution in [-0.2, 0) is 6.54 Å². The predicted molar refractivity (Wildman–Crippen MR) is 104 cm³/mol. The summed E-state index contributed by atoms with van der Waals surface area (Å²) in [6.07, 6.45) is 0. The van der Waals surface area contributed by atoms with E-state index >= 15 is 0 Å². The molecule has 1 heterocycles. The average Bonchev–Trinajstić information content (AvgIpc) is 2.66. The summed E-state index contributed by atoms with van der Waals surface area (Å²) >= 11 is 0. The first-order valence-electron chi connectivity index (χ1n) is 8.48. The highest BCUT2D eigenvalue weighted by Crippen LogP contribution is 2.19. The second kappa shape index (κ2) is 7.78. The SMILES string of the molecule is Cc1cc(CNC(=O)c2ccc(-c3ccccc3)cc2)nc(N(C)C)n1. The second-order valence-electron chi connectivity index (χ2n) is 6.32. The van der Waals surface area contributed by atoms with Crippen LogP contribution in [0.5, 0.6) is 0 Å². The molecule has 0 radical (unpaired) electrons. The molecule has 3 aromatic rings.